The summed E-state index contributed by atoms with van der Waals surface area (Å²) in [6.45, 7) is 8.31. The molecule has 0 bridgehead atoms. The lowest BCUT2D eigenvalue weighted by molar-refractivity contribution is 0.197. The molecule has 0 atom stereocenters. The Labute approximate surface area is 143 Å². The Kier molecular flexibility index (Phi) is 5.89. The molecule has 0 radical (unpaired) electrons. The number of guanidine groups is 1. The zero-order chi connectivity index (χ0) is 16.1. The maximum Gasteiger partial charge on any atom is 0.191 e. The fourth-order valence-electron chi connectivity index (χ4n) is 3.09. The molecule has 1 aliphatic heterocycles. The van der Waals surface area contributed by atoms with Gasteiger partial charge >= 0.3 is 0 Å². The SMILES string of the molecule is CCNC(=NCc1ncc(CC)s1)NC1CCN(C2CC2)CC1. The second-order valence-corrected chi connectivity index (χ2v) is 7.65. The summed E-state index contributed by atoms with van der Waals surface area (Å²) in [7, 11) is 0. The average Bonchev–Trinajstić information content (AvgIpc) is 3.32. The molecular formula is C17H29N5S. The first kappa shape index (κ1) is 16.7. The average molecular weight is 336 g/mol. The molecule has 2 N–H and O–H groups in total. The lowest BCUT2D eigenvalue weighted by atomic mass is 10.1. The van der Waals surface area contributed by atoms with Crippen LogP contribution in [0.3, 0.4) is 0 Å². The van der Waals surface area contributed by atoms with E-state index in [1.807, 2.05) is 6.20 Å². The van der Waals surface area contributed by atoms with Crippen molar-refractivity contribution < 1.29 is 0 Å². The van der Waals surface area contributed by atoms with Crippen LogP contribution in [0.15, 0.2) is 11.2 Å². The minimum Gasteiger partial charge on any atom is -0.357 e. The van der Waals surface area contributed by atoms with Crippen molar-refractivity contribution in [1.29, 1.82) is 0 Å². The van der Waals surface area contributed by atoms with E-state index in [1.54, 1.807) is 11.3 Å². The highest BCUT2D eigenvalue weighted by Crippen LogP contribution is 2.29. The van der Waals surface area contributed by atoms with Crippen molar-refractivity contribution in [2.45, 2.75) is 64.6 Å². The molecule has 2 aliphatic rings. The van der Waals surface area contributed by atoms with E-state index >= 15 is 0 Å². The molecule has 1 aromatic rings. The topological polar surface area (TPSA) is 52.6 Å². The Balaban J connectivity index is 1.50. The molecule has 0 amide bonds. The third-order valence-corrected chi connectivity index (χ3v) is 5.73. The van der Waals surface area contributed by atoms with E-state index in [1.165, 1.54) is 43.6 Å². The Morgan fingerprint density at radius 1 is 1.30 bits per heavy atom. The number of aromatic nitrogens is 1. The summed E-state index contributed by atoms with van der Waals surface area (Å²) in [5, 5.41) is 8.09. The summed E-state index contributed by atoms with van der Waals surface area (Å²) in [5.74, 6) is 0.936. The largest absolute Gasteiger partial charge is 0.357 e. The molecule has 0 unspecified atom stereocenters. The van der Waals surface area contributed by atoms with Crippen LogP contribution in [0.5, 0.6) is 0 Å². The van der Waals surface area contributed by atoms with Crippen LogP contribution in [0.1, 0.15) is 49.4 Å². The fourth-order valence-corrected chi connectivity index (χ4v) is 3.88. The van der Waals surface area contributed by atoms with Gasteiger partial charge in [-0.15, -0.1) is 11.3 Å². The van der Waals surface area contributed by atoms with Gasteiger partial charge in [-0.25, -0.2) is 9.98 Å². The highest BCUT2D eigenvalue weighted by molar-refractivity contribution is 7.11. The molecule has 23 heavy (non-hydrogen) atoms. The van der Waals surface area contributed by atoms with Crippen LogP contribution < -0.4 is 10.6 Å². The molecule has 3 rings (SSSR count). The van der Waals surface area contributed by atoms with Crippen molar-refractivity contribution in [3.8, 4) is 0 Å². The van der Waals surface area contributed by atoms with Crippen LogP contribution in [0.2, 0.25) is 0 Å². The van der Waals surface area contributed by atoms with Gasteiger partial charge in [0.1, 0.15) is 5.01 Å². The van der Waals surface area contributed by atoms with Crippen LogP contribution in [0.25, 0.3) is 0 Å². The summed E-state index contributed by atoms with van der Waals surface area (Å²) >= 11 is 1.77. The summed E-state index contributed by atoms with van der Waals surface area (Å²) in [5.41, 5.74) is 0. The number of hydrogen-bond donors (Lipinski definition) is 2. The second-order valence-electron chi connectivity index (χ2n) is 6.45. The Bertz CT molecular complexity index is 515. The van der Waals surface area contributed by atoms with Crippen molar-refractivity contribution in [3.63, 3.8) is 0 Å². The molecular weight excluding hydrogens is 306 g/mol. The van der Waals surface area contributed by atoms with Gasteiger partial charge in [-0.1, -0.05) is 6.92 Å². The van der Waals surface area contributed by atoms with Gasteiger partial charge < -0.3 is 15.5 Å². The van der Waals surface area contributed by atoms with Crippen LogP contribution >= 0.6 is 11.3 Å². The molecule has 0 spiro atoms. The zero-order valence-electron chi connectivity index (χ0n) is 14.3. The highest BCUT2D eigenvalue weighted by Gasteiger charge is 2.31. The standard InChI is InChI=1S/C17H29N5S/c1-3-15-11-19-16(23-15)12-20-17(18-4-2)21-13-7-9-22(10-8-13)14-5-6-14/h11,13-14H,3-10,12H2,1-2H3,(H2,18,20,21). The molecule has 6 heteroatoms. The number of nitrogens with zero attached hydrogens (tertiary/aromatic N) is 3. The Morgan fingerprint density at radius 3 is 2.70 bits per heavy atom. The van der Waals surface area contributed by atoms with Crippen LogP contribution in [-0.4, -0.2) is 47.6 Å². The monoisotopic (exact) mass is 335 g/mol. The number of aliphatic imine (C=N–C) groups is 1. The summed E-state index contributed by atoms with van der Waals surface area (Å²) < 4.78 is 0. The van der Waals surface area contributed by atoms with E-state index < -0.39 is 0 Å². The van der Waals surface area contributed by atoms with E-state index in [0.29, 0.717) is 12.6 Å². The number of likely N-dealkylation sites (tertiary alicyclic amines) is 1. The molecule has 1 saturated heterocycles. The van der Waals surface area contributed by atoms with Crippen LogP contribution in [-0.2, 0) is 13.0 Å². The molecule has 5 nitrogen and oxygen atoms in total. The van der Waals surface area contributed by atoms with E-state index in [-0.39, 0.29) is 0 Å². The summed E-state index contributed by atoms with van der Waals surface area (Å²) in [6.07, 6.45) is 8.30. The number of hydrogen-bond acceptors (Lipinski definition) is 4. The first-order chi connectivity index (χ1) is 11.3. The fraction of sp³-hybridized carbons (Fsp3) is 0.765. The van der Waals surface area contributed by atoms with Gasteiger partial charge in [0.15, 0.2) is 5.96 Å². The smallest absolute Gasteiger partial charge is 0.191 e. The van der Waals surface area contributed by atoms with E-state index in [9.17, 15) is 0 Å². The maximum atomic E-state index is 4.72. The molecule has 2 fully saturated rings. The van der Waals surface area contributed by atoms with Gasteiger partial charge in [0.2, 0.25) is 0 Å². The minimum absolute atomic E-state index is 0.547. The third-order valence-electron chi connectivity index (χ3n) is 4.60. The molecule has 0 aromatic carbocycles. The molecule has 1 saturated carbocycles. The van der Waals surface area contributed by atoms with Crippen LogP contribution in [0, 0.1) is 0 Å². The van der Waals surface area contributed by atoms with Gasteiger partial charge in [-0.05, 0) is 39.0 Å². The molecule has 2 heterocycles. The quantitative estimate of drug-likeness (QED) is 0.619. The number of thiazole rings is 1. The first-order valence-corrected chi connectivity index (χ1v) is 9.82. The molecule has 1 aromatic heterocycles. The maximum absolute atomic E-state index is 4.72. The van der Waals surface area contributed by atoms with Gasteiger partial charge in [0, 0.05) is 42.8 Å². The van der Waals surface area contributed by atoms with Crippen molar-refractivity contribution in [3.05, 3.63) is 16.1 Å². The van der Waals surface area contributed by atoms with Gasteiger partial charge in [-0.2, -0.15) is 0 Å². The van der Waals surface area contributed by atoms with Crippen molar-refractivity contribution >= 4 is 17.3 Å². The number of nitrogens with one attached hydrogen (secondary N) is 2. The minimum atomic E-state index is 0.547. The van der Waals surface area contributed by atoms with E-state index in [0.717, 1.165) is 30.0 Å². The molecule has 128 valence electrons. The van der Waals surface area contributed by atoms with E-state index in [2.05, 4.69) is 34.4 Å². The summed E-state index contributed by atoms with van der Waals surface area (Å²) in [6, 6.07) is 1.45. The zero-order valence-corrected chi connectivity index (χ0v) is 15.2. The number of rotatable bonds is 6. The normalized spacial score (nSPS) is 20.7. The predicted octanol–water partition coefficient (Wildman–Crippen LogP) is 2.39. The summed E-state index contributed by atoms with van der Waals surface area (Å²) in [4.78, 5) is 13.2. The molecule has 1 aliphatic carbocycles. The first-order valence-electron chi connectivity index (χ1n) is 9.01. The van der Waals surface area contributed by atoms with Crippen molar-refractivity contribution in [1.82, 2.24) is 20.5 Å². The van der Waals surface area contributed by atoms with Crippen molar-refractivity contribution in [2.75, 3.05) is 19.6 Å². The highest BCUT2D eigenvalue weighted by atomic mass is 32.1. The number of piperidine rings is 1. The van der Waals surface area contributed by atoms with Crippen LogP contribution in [0.4, 0.5) is 0 Å². The van der Waals surface area contributed by atoms with Gasteiger partial charge in [-0.3, -0.25) is 0 Å². The lowest BCUT2D eigenvalue weighted by Gasteiger charge is -2.33. The predicted molar refractivity (Wildman–Crippen MR) is 97.1 cm³/mol. The van der Waals surface area contributed by atoms with Gasteiger partial charge in [0.25, 0.3) is 0 Å². The Hall–Kier alpha value is -1.14. The third kappa shape index (κ3) is 4.91. The number of aryl methyl sites for hydroxylation is 1. The Morgan fingerprint density at radius 2 is 2.09 bits per heavy atom. The van der Waals surface area contributed by atoms with Gasteiger partial charge in [0.05, 0.1) is 6.54 Å². The van der Waals surface area contributed by atoms with E-state index in [4.69, 9.17) is 4.99 Å². The second kappa shape index (κ2) is 8.11. The lowest BCUT2D eigenvalue weighted by Crippen LogP contribution is -2.49. The van der Waals surface area contributed by atoms with Crippen molar-refractivity contribution in [2.24, 2.45) is 4.99 Å².